The van der Waals surface area contributed by atoms with Gasteiger partial charge in [0.2, 0.25) is 5.95 Å². The predicted octanol–water partition coefficient (Wildman–Crippen LogP) is 3.51. The van der Waals surface area contributed by atoms with Crippen LogP contribution in [0.25, 0.3) is 0 Å². The van der Waals surface area contributed by atoms with Gasteiger partial charge in [-0.25, -0.2) is 9.97 Å². The third-order valence-electron chi connectivity index (χ3n) is 4.28. The molecule has 1 unspecified atom stereocenters. The van der Waals surface area contributed by atoms with Gasteiger partial charge in [-0.15, -0.1) is 0 Å². The van der Waals surface area contributed by atoms with Gasteiger partial charge in [0.25, 0.3) is 0 Å². The number of ether oxygens (including phenoxy) is 1. The van der Waals surface area contributed by atoms with E-state index in [1.165, 1.54) is 4.90 Å². The molecule has 0 bridgehead atoms. The first-order valence-electron chi connectivity index (χ1n) is 8.70. The Morgan fingerprint density at radius 3 is 2.52 bits per heavy atom. The van der Waals surface area contributed by atoms with Crippen molar-refractivity contribution < 1.29 is 17.9 Å². The number of nitrogens with one attached hydrogen (secondary N) is 1. The fourth-order valence-corrected chi connectivity index (χ4v) is 2.78. The number of hydrogen-bond acceptors (Lipinski definition) is 6. The molecular weight excluding hydrogens is 385 g/mol. The molecule has 10 heteroatoms. The van der Waals surface area contributed by atoms with Gasteiger partial charge >= 0.3 is 6.18 Å². The molecule has 3 rings (SSSR count). The first-order valence-corrected chi connectivity index (χ1v) is 8.70. The zero-order chi connectivity index (χ0) is 21.2. The molecule has 1 aromatic carbocycles. The van der Waals surface area contributed by atoms with Crippen LogP contribution in [0, 0.1) is 0 Å². The minimum absolute atomic E-state index is 0.138. The predicted molar refractivity (Wildman–Crippen MR) is 103 cm³/mol. The van der Waals surface area contributed by atoms with Crippen molar-refractivity contribution >= 4 is 11.8 Å². The quantitative estimate of drug-likeness (QED) is 0.676. The van der Waals surface area contributed by atoms with Crippen LogP contribution in [0.2, 0.25) is 0 Å². The summed E-state index contributed by atoms with van der Waals surface area (Å²) in [4.78, 5) is 13.8. The zero-order valence-electron chi connectivity index (χ0n) is 16.4. The van der Waals surface area contributed by atoms with Crippen molar-refractivity contribution in [3.8, 4) is 5.75 Å². The highest BCUT2D eigenvalue weighted by Crippen LogP contribution is 2.32. The standard InChI is InChI=1S/C19H21F3N6O/c1-27(2)15-11-14(19(20,21)22)24-18(25-15)26-16(17-23-8-9-28(17)3)12-6-5-7-13(10-12)29-4/h5-11,16H,1-4H3,(H,24,25,26). The Morgan fingerprint density at radius 1 is 1.17 bits per heavy atom. The Labute approximate surface area is 166 Å². The molecule has 0 saturated carbocycles. The smallest absolute Gasteiger partial charge is 0.433 e. The maximum Gasteiger partial charge on any atom is 0.433 e. The Balaban J connectivity index is 2.09. The highest BCUT2D eigenvalue weighted by atomic mass is 19.4. The maximum absolute atomic E-state index is 13.3. The summed E-state index contributed by atoms with van der Waals surface area (Å²) in [6, 6.07) is 7.51. The molecule has 0 aliphatic rings. The molecule has 154 valence electrons. The molecule has 2 heterocycles. The van der Waals surface area contributed by atoms with Crippen molar-refractivity contribution in [2.24, 2.45) is 7.05 Å². The van der Waals surface area contributed by atoms with Crippen LogP contribution in [0.3, 0.4) is 0 Å². The summed E-state index contributed by atoms with van der Waals surface area (Å²) in [5.41, 5.74) is -0.283. The largest absolute Gasteiger partial charge is 0.497 e. The van der Waals surface area contributed by atoms with Gasteiger partial charge in [0.05, 0.1) is 7.11 Å². The maximum atomic E-state index is 13.3. The molecule has 1 atom stereocenters. The van der Waals surface area contributed by atoms with Gasteiger partial charge in [0.15, 0.2) is 5.69 Å². The van der Waals surface area contributed by atoms with Crippen LogP contribution in [0.15, 0.2) is 42.7 Å². The summed E-state index contributed by atoms with van der Waals surface area (Å²) >= 11 is 0. The summed E-state index contributed by atoms with van der Waals surface area (Å²) in [5, 5.41) is 3.01. The van der Waals surface area contributed by atoms with Crippen LogP contribution in [-0.2, 0) is 13.2 Å². The van der Waals surface area contributed by atoms with Crippen molar-refractivity contribution in [3.05, 3.63) is 59.8 Å². The third-order valence-corrected chi connectivity index (χ3v) is 4.28. The van der Waals surface area contributed by atoms with E-state index in [0.717, 1.165) is 11.6 Å². The number of nitrogens with zero attached hydrogens (tertiary/aromatic N) is 5. The minimum atomic E-state index is -4.60. The van der Waals surface area contributed by atoms with E-state index in [9.17, 15) is 13.2 Å². The number of alkyl halides is 3. The molecule has 2 aromatic heterocycles. The Kier molecular flexibility index (Phi) is 5.62. The topological polar surface area (TPSA) is 68.1 Å². The Morgan fingerprint density at radius 2 is 1.93 bits per heavy atom. The third kappa shape index (κ3) is 4.58. The SMILES string of the molecule is COc1cccc(C(Nc2nc(N(C)C)cc(C(F)(F)F)n2)c2nccn2C)c1. The van der Waals surface area contributed by atoms with Gasteiger partial charge < -0.3 is 19.5 Å². The summed E-state index contributed by atoms with van der Waals surface area (Å²) in [6.07, 6.45) is -1.23. The van der Waals surface area contributed by atoms with Crippen molar-refractivity contribution in [2.45, 2.75) is 12.2 Å². The van der Waals surface area contributed by atoms with Gasteiger partial charge in [0, 0.05) is 39.6 Å². The number of hydrogen-bond donors (Lipinski definition) is 1. The number of benzene rings is 1. The number of anilines is 2. The number of aromatic nitrogens is 4. The van der Waals surface area contributed by atoms with Crippen LogP contribution >= 0.6 is 0 Å². The Bertz CT molecular complexity index is 986. The minimum Gasteiger partial charge on any atom is -0.497 e. The van der Waals surface area contributed by atoms with E-state index in [1.807, 2.05) is 6.07 Å². The molecule has 3 aromatic rings. The van der Waals surface area contributed by atoms with Crippen LogP contribution in [-0.4, -0.2) is 40.7 Å². The van der Waals surface area contributed by atoms with Gasteiger partial charge in [-0.05, 0) is 17.7 Å². The molecule has 7 nitrogen and oxygen atoms in total. The average Bonchev–Trinajstić information content (AvgIpc) is 3.10. The summed E-state index contributed by atoms with van der Waals surface area (Å²) in [7, 11) is 6.58. The number of aryl methyl sites for hydroxylation is 1. The first kappa shape index (κ1) is 20.4. The molecular formula is C19H21F3N6O. The molecule has 0 radical (unpaired) electrons. The number of methoxy groups -OCH3 is 1. The molecule has 0 aliphatic heterocycles. The second kappa shape index (κ2) is 7.98. The molecule has 1 N–H and O–H groups in total. The monoisotopic (exact) mass is 406 g/mol. The molecule has 29 heavy (non-hydrogen) atoms. The highest BCUT2D eigenvalue weighted by Gasteiger charge is 2.34. The van der Waals surface area contributed by atoms with E-state index < -0.39 is 17.9 Å². The summed E-state index contributed by atoms with van der Waals surface area (Å²) in [6.45, 7) is 0. The summed E-state index contributed by atoms with van der Waals surface area (Å²) < 4.78 is 47.1. The fraction of sp³-hybridized carbons (Fsp3) is 0.316. The zero-order valence-corrected chi connectivity index (χ0v) is 16.4. The first-order chi connectivity index (χ1) is 13.7. The highest BCUT2D eigenvalue weighted by molar-refractivity contribution is 5.47. The van der Waals surface area contributed by atoms with Crippen molar-refractivity contribution in [1.82, 2.24) is 19.5 Å². The van der Waals surface area contributed by atoms with E-state index >= 15 is 0 Å². The lowest BCUT2D eigenvalue weighted by atomic mass is 10.1. The van der Waals surface area contributed by atoms with Crippen molar-refractivity contribution in [3.63, 3.8) is 0 Å². The van der Waals surface area contributed by atoms with E-state index in [1.54, 1.807) is 63.4 Å². The van der Waals surface area contributed by atoms with E-state index in [4.69, 9.17) is 4.74 Å². The van der Waals surface area contributed by atoms with Crippen LogP contribution in [0.5, 0.6) is 5.75 Å². The lowest BCUT2D eigenvalue weighted by molar-refractivity contribution is -0.141. The number of halogens is 3. The van der Waals surface area contributed by atoms with Gasteiger partial charge in [-0.1, -0.05) is 12.1 Å². The normalized spacial score (nSPS) is 12.5. The number of rotatable bonds is 6. The second-order valence-corrected chi connectivity index (χ2v) is 6.58. The van der Waals surface area contributed by atoms with Gasteiger partial charge in [-0.3, -0.25) is 0 Å². The lowest BCUT2D eigenvalue weighted by Crippen LogP contribution is -2.21. The van der Waals surface area contributed by atoms with E-state index in [2.05, 4.69) is 20.3 Å². The Hall–Kier alpha value is -3.30. The van der Waals surface area contributed by atoms with Crippen LogP contribution < -0.4 is 15.0 Å². The van der Waals surface area contributed by atoms with E-state index in [-0.39, 0.29) is 11.8 Å². The molecule has 0 fully saturated rings. The summed E-state index contributed by atoms with van der Waals surface area (Å²) in [5.74, 6) is 1.19. The number of imidazole rings is 1. The van der Waals surface area contributed by atoms with Crippen molar-refractivity contribution in [1.29, 1.82) is 0 Å². The van der Waals surface area contributed by atoms with Crippen LogP contribution in [0.1, 0.15) is 23.1 Å². The molecule has 0 saturated heterocycles. The van der Waals surface area contributed by atoms with Gasteiger partial charge in [-0.2, -0.15) is 18.2 Å². The second-order valence-electron chi connectivity index (χ2n) is 6.58. The average molecular weight is 406 g/mol. The van der Waals surface area contributed by atoms with Gasteiger partial charge in [0.1, 0.15) is 23.4 Å². The van der Waals surface area contributed by atoms with Crippen molar-refractivity contribution in [2.75, 3.05) is 31.4 Å². The van der Waals surface area contributed by atoms with E-state index in [0.29, 0.717) is 11.6 Å². The molecule has 0 spiro atoms. The van der Waals surface area contributed by atoms with Crippen LogP contribution in [0.4, 0.5) is 24.9 Å². The lowest BCUT2D eigenvalue weighted by Gasteiger charge is -2.21. The molecule has 0 amide bonds. The fourth-order valence-electron chi connectivity index (χ4n) is 2.78. The molecule has 0 aliphatic carbocycles.